The third-order valence-corrected chi connectivity index (χ3v) is 5.78. The van der Waals surface area contributed by atoms with Crippen LogP contribution in [0.5, 0.6) is 0 Å². The lowest BCUT2D eigenvalue weighted by Crippen LogP contribution is -2.32. The van der Waals surface area contributed by atoms with E-state index in [0.717, 1.165) is 19.4 Å². The average molecular weight is 352 g/mol. The van der Waals surface area contributed by atoms with Gasteiger partial charge in [-0.25, -0.2) is 0 Å². The summed E-state index contributed by atoms with van der Waals surface area (Å²) in [5.74, 6) is 0. The van der Waals surface area contributed by atoms with Gasteiger partial charge in [0.05, 0.1) is 6.04 Å². The lowest BCUT2D eigenvalue weighted by Gasteiger charge is -2.39. The first-order chi connectivity index (χ1) is 13.3. The molecule has 4 aromatic rings. The molecule has 0 bridgehead atoms. The Kier molecular flexibility index (Phi) is 3.97. The van der Waals surface area contributed by atoms with Gasteiger partial charge in [0, 0.05) is 29.3 Å². The first-order valence-electron chi connectivity index (χ1n) is 9.76. The fourth-order valence-electron chi connectivity index (χ4n) is 4.48. The van der Waals surface area contributed by atoms with Gasteiger partial charge in [-0.3, -0.25) is 0 Å². The van der Waals surface area contributed by atoms with Crippen LogP contribution in [0.4, 0.5) is 5.69 Å². The van der Waals surface area contributed by atoms with Crippen LogP contribution in [0.25, 0.3) is 10.9 Å². The highest BCUT2D eigenvalue weighted by Gasteiger charge is 2.29. The predicted molar refractivity (Wildman–Crippen MR) is 113 cm³/mol. The van der Waals surface area contributed by atoms with Gasteiger partial charge in [0.15, 0.2) is 0 Å². The van der Waals surface area contributed by atoms with Gasteiger partial charge in [0.2, 0.25) is 0 Å². The average Bonchev–Trinajstić information content (AvgIpc) is 3.13. The van der Waals surface area contributed by atoms with Crippen LogP contribution in [0.1, 0.15) is 34.7 Å². The van der Waals surface area contributed by atoms with Crippen molar-refractivity contribution in [3.05, 3.63) is 101 Å². The molecule has 2 heterocycles. The Balaban J connectivity index is 1.62. The van der Waals surface area contributed by atoms with Crippen molar-refractivity contribution < 1.29 is 0 Å². The highest BCUT2D eigenvalue weighted by atomic mass is 15.2. The molecule has 0 radical (unpaired) electrons. The summed E-state index contributed by atoms with van der Waals surface area (Å²) >= 11 is 0. The molecule has 0 fully saturated rings. The van der Waals surface area contributed by atoms with E-state index < -0.39 is 0 Å². The van der Waals surface area contributed by atoms with Gasteiger partial charge >= 0.3 is 0 Å². The van der Waals surface area contributed by atoms with Gasteiger partial charge < -0.3 is 9.88 Å². The van der Waals surface area contributed by atoms with Crippen molar-refractivity contribution in [2.24, 2.45) is 0 Å². The smallest absolute Gasteiger partial charge is 0.0570 e. The molecule has 0 saturated carbocycles. The standard InChI is InChI=1S/C25H24N2/c1-18-11-13-24-20(15-18)12-14-25(27(24)17-19-7-3-2-4-8-19)22-16-26-23-10-6-5-9-21(22)23/h2-11,13,15-16,25-26H,12,14,17H2,1H3. The van der Waals surface area contributed by atoms with Crippen LogP contribution < -0.4 is 4.90 Å². The second-order valence-electron chi connectivity index (χ2n) is 7.59. The molecule has 1 unspecified atom stereocenters. The number of hydrogen-bond acceptors (Lipinski definition) is 1. The minimum absolute atomic E-state index is 0.386. The molecule has 2 heteroatoms. The molecule has 3 aromatic carbocycles. The number of anilines is 1. The molecular formula is C25H24N2. The monoisotopic (exact) mass is 352 g/mol. The number of H-pyrrole nitrogens is 1. The summed E-state index contributed by atoms with van der Waals surface area (Å²) in [5.41, 5.74) is 8.19. The highest BCUT2D eigenvalue weighted by Crippen LogP contribution is 2.41. The zero-order chi connectivity index (χ0) is 18.2. The Hall–Kier alpha value is -3.00. The number of aryl methyl sites for hydroxylation is 2. The summed E-state index contributed by atoms with van der Waals surface area (Å²) in [6.45, 7) is 3.12. The van der Waals surface area contributed by atoms with Crippen LogP contribution in [0, 0.1) is 6.92 Å². The maximum atomic E-state index is 3.48. The third kappa shape index (κ3) is 2.91. The van der Waals surface area contributed by atoms with Crippen molar-refractivity contribution >= 4 is 16.6 Å². The number of para-hydroxylation sites is 1. The van der Waals surface area contributed by atoms with E-state index in [-0.39, 0.29) is 0 Å². The molecule has 1 aliphatic rings. The quantitative estimate of drug-likeness (QED) is 0.467. The van der Waals surface area contributed by atoms with Crippen molar-refractivity contribution in [2.45, 2.75) is 32.4 Å². The lowest BCUT2D eigenvalue weighted by molar-refractivity contribution is 0.549. The van der Waals surface area contributed by atoms with Gasteiger partial charge in [0.1, 0.15) is 0 Å². The number of hydrogen-bond donors (Lipinski definition) is 1. The van der Waals surface area contributed by atoms with Crippen molar-refractivity contribution in [3.8, 4) is 0 Å². The number of nitrogens with one attached hydrogen (secondary N) is 1. The highest BCUT2D eigenvalue weighted by molar-refractivity contribution is 5.84. The SMILES string of the molecule is Cc1ccc2c(c1)CCC(c1c[nH]c3ccccc13)N2Cc1ccccc1. The Labute approximate surface area is 160 Å². The van der Waals surface area contributed by atoms with Gasteiger partial charge in [-0.2, -0.15) is 0 Å². The van der Waals surface area contributed by atoms with E-state index in [1.807, 2.05) is 0 Å². The normalized spacial score (nSPS) is 16.5. The summed E-state index contributed by atoms with van der Waals surface area (Å²) < 4.78 is 0. The number of benzene rings is 3. The molecular weight excluding hydrogens is 328 g/mol. The molecule has 5 rings (SSSR count). The number of fused-ring (bicyclic) bond motifs is 2. The minimum Gasteiger partial charge on any atom is -0.361 e. The predicted octanol–water partition coefficient (Wildman–Crippen LogP) is 6.17. The van der Waals surface area contributed by atoms with E-state index in [4.69, 9.17) is 0 Å². The third-order valence-electron chi connectivity index (χ3n) is 5.78. The first-order valence-corrected chi connectivity index (χ1v) is 9.76. The van der Waals surface area contributed by atoms with E-state index in [1.165, 1.54) is 38.8 Å². The van der Waals surface area contributed by atoms with Crippen LogP contribution >= 0.6 is 0 Å². The fraction of sp³-hybridized carbons (Fsp3) is 0.200. The number of aromatic amines is 1. The maximum absolute atomic E-state index is 3.48. The van der Waals surface area contributed by atoms with Gasteiger partial charge in [-0.1, -0.05) is 66.2 Å². The Morgan fingerprint density at radius 2 is 1.78 bits per heavy atom. The summed E-state index contributed by atoms with van der Waals surface area (Å²) in [6.07, 6.45) is 4.49. The molecule has 1 aliphatic heterocycles. The second-order valence-corrected chi connectivity index (χ2v) is 7.59. The van der Waals surface area contributed by atoms with E-state index >= 15 is 0 Å². The molecule has 0 amide bonds. The maximum Gasteiger partial charge on any atom is 0.0570 e. The van der Waals surface area contributed by atoms with Crippen molar-refractivity contribution in [1.82, 2.24) is 4.98 Å². The van der Waals surface area contributed by atoms with Crippen molar-refractivity contribution in [2.75, 3.05) is 4.90 Å². The van der Waals surface area contributed by atoms with Crippen LogP contribution in [-0.2, 0) is 13.0 Å². The van der Waals surface area contributed by atoms with Crippen LogP contribution in [0.15, 0.2) is 79.0 Å². The Bertz CT molecular complexity index is 1080. The molecule has 27 heavy (non-hydrogen) atoms. The van der Waals surface area contributed by atoms with E-state index in [1.54, 1.807) is 0 Å². The molecule has 134 valence electrons. The summed E-state index contributed by atoms with van der Waals surface area (Å²) in [5, 5.41) is 1.34. The fourth-order valence-corrected chi connectivity index (χ4v) is 4.48. The molecule has 1 N–H and O–H groups in total. The number of nitrogens with zero attached hydrogens (tertiary/aromatic N) is 1. The molecule has 1 aromatic heterocycles. The molecule has 0 saturated heterocycles. The summed E-state index contributed by atoms with van der Waals surface area (Å²) in [4.78, 5) is 6.08. The molecule has 0 spiro atoms. The number of aromatic nitrogens is 1. The Morgan fingerprint density at radius 3 is 2.67 bits per heavy atom. The van der Waals surface area contributed by atoms with Crippen LogP contribution in [0.3, 0.4) is 0 Å². The second kappa shape index (κ2) is 6.62. The van der Waals surface area contributed by atoms with E-state index in [9.17, 15) is 0 Å². The molecule has 1 atom stereocenters. The van der Waals surface area contributed by atoms with Crippen molar-refractivity contribution in [1.29, 1.82) is 0 Å². The van der Waals surface area contributed by atoms with Crippen molar-refractivity contribution in [3.63, 3.8) is 0 Å². The summed E-state index contributed by atoms with van der Waals surface area (Å²) in [6, 6.07) is 26.8. The minimum atomic E-state index is 0.386. The lowest BCUT2D eigenvalue weighted by atomic mass is 9.90. The Morgan fingerprint density at radius 1 is 0.963 bits per heavy atom. The van der Waals surface area contributed by atoms with Crippen LogP contribution in [0.2, 0.25) is 0 Å². The molecule has 0 aliphatic carbocycles. The van der Waals surface area contributed by atoms with Gasteiger partial charge in [0.25, 0.3) is 0 Å². The number of rotatable bonds is 3. The zero-order valence-corrected chi connectivity index (χ0v) is 15.7. The largest absolute Gasteiger partial charge is 0.361 e. The first kappa shape index (κ1) is 16.2. The van der Waals surface area contributed by atoms with Gasteiger partial charge in [-0.05, 0) is 48.6 Å². The zero-order valence-electron chi connectivity index (χ0n) is 15.7. The molecule has 2 nitrogen and oxygen atoms in total. The summed E-state index contributed by atoms with van der Waals surface area (Å²) in [7, 11) is 0. The van der Waals surface area contributed by atoms with E-state index in [2.05, 4.69) is 95.8 Å². The van der Waals surface area contributed by atoms with Crippen LogP contribution in [-0.4, -0.2) is 4.98 Å². The van der Waals surface area contributed by atoms with E-state index in [0.29, 0.717) is 6.04 Å². The van der Waals surface area contributed by atoms with Gasteiger partial charge in [-0.15, -0.1) is 0 Å². The topological polar surface area (TPSA) is 19.0 Å².